The molecule has 0 spiro atoms. The zero-order valence-corrected chi connectivity index (χ0v) is 19.4. The Morgan fingerprint density at radius 3 is 2.48 bits per heavy atom. The van der Waals surface area contributed by atoms with Crippen molar-refractivity contribution in [3.05, 3.63) is 29.8 Å². The van der Waals surface area contributed by atoms with E-state index < -0.39 is 0 Å². The van der Waals surface area contributed by atoms with Crippen LogP contribution in [0.4, 0.5) is 0 Å². The van der Waals surface area contributed by atoms with Crippen molar-refractivity contribution in [2.45, 2.75) is 39.8 Å². The standard InChI is InChI=1S/C20H34N4O2.HI/c1-5-21-20(22-14-17(3)24-10-12-25-13-11-24)23-15-18(4)26-19-8-6-16(2)7-9-19;/h6-9,17-18H,5,10-15H2,1-4H3,(H2,21,22,23);1H. The number of hydrogen-bond donors (Lipinski definition) is 2. The molecule has 1 fully saturated rings. The quantitative estimate of drug-likeness (QED) is 0.334. The predicted octanol–water partition coefficient (Wildman–Crippen LogP) is 2.66. The highest BCUT2D eigenvalue weighted by Gasteiger charge is 2.16. The third-order valence-electron chi connectivity index (χ3n) is 4.44. The van der Waals surface area contributed by atoms with E-state index in [-0.39, 0.29) is 30.1 Å². The van der Waals surface area contributed by atoms with E-state index in [4.69, 9.17) is 14.5 Å². The summed E-state index contributed by atoms with van der Waals surface area (Å²) in [5.74, 6) is 1.74. The second-order valence-corrected chi connectivity index (χ2v) is 6.84. The third-order valence-corrected chi connectivity index (χ3v) is 4.44. The number of benzene rings is 1. The van der Waals surface area contributed by atoms with Crippen molar-refractivity contribution in [3.63, 3.8) is 0 Å². The average Bonchev–Trinajstić information content (AvgIpc) is 2.66. The molecule has 1 aliphatic rings. The Morgan fingerprint density at radius 1 is 1.19 bits per heavy atom. The highest BCUT2D eigenvalue weighted by molar-refractivity contribution is 14.0. The van der Waals surface area contributed by atoms with E-state index in [1.54, 1.807) is 0 Å². The molecule has 7 heteroatoms. The van der Waals surface area contributed by atoms with E-state index in [0.29, 0.717) is 12.6 Å². The zero-order chi connectivity index (χ0) is 18.8. The smallest absolute Gasteiger partial charge is 0.191 e. The lowest BCUT2D eigenvalue weighted by molar-refractivity contribution is 0.0220. The average molecular weight is 490 g/mol. The number of rotatable bonds is 8. The minimum absolute atomic E-state index is 0. The SMILES string of the molecule is CCNC(=NCC(C)N1CCOCC1)NCC(C)Oc1ccc(C)cc1.I. The number of ether oxygens (including phenoxy) is 2. The second kappa shape index (κ2) is 13.2. The van der Waals surface area contributed by atoms with Crippen LogP contribution in [-0.4, -0.2) is 68.9 Å². The van der Waals surface area contributed by atoms with Crippen LogP contribution in [0.15, 0.2) is 29.3 Å². The molecule has 27 heavy (non-hydrogen) atoms. The normalized spacial score (nSPS) is 17.6. The molecule has 0 aliphatic carbocycles. The number of morpholine rings is 1. The van der Waals surface area contributed by atoms with Crippen LogP contribution in [0.1, 0.15) is 26.3 Å². The molecule has 1 aliphatic heterocycles. The largest absolute Gasteiger partial charge is 0.489 e. The number of halogens is 1. The van der Waals surface area contributed by atoms with Gasteiger partial charge in [-0.25, -0.2) is 0 Å². The van der Waals surface area contributed by atoms with Crippen molar-refractivity contribution in [1.82, 2.24) is 15.5 Å². The van der Waals surface area contributed by atoms with Crippen LogP contribution >= 0.6 is 24.0 Å². The summed E-state index contributed by atoms with van der Waals surface area (Å²) in [7, 11) is 0. The van der Waals surface area contributed by atoms with Crippen molar-refractivity contribution in [1.29, 1.82) is 0 Å². The predicted molar refractivity (Wildman–Crippen MR) is 123 cm³/mol. The van der Waals surface area contributed by atoms with Gasteiger partial charge in [-0.2, -0.15) is 0 Å². The molecule has 1 aromatic rings. The van der Waals surface area contributed by atoms with Crippen LogP contribution in [0, 0.1) is 6.92 Å². The maximum atomic E-state index is 5.95. The Bertz CT molecular complexity index is 547. The number of aliphatic imine (C=N–C) groups is 1. The van der Waals surface area contributed by atoms with Gasteiger partial charge in [0.2, 0.25) is 0 Å². The van der Waals surface area contributed by atoms with Crippen molar-refractivity contribution in [3.8, 4) is 5.75 Å². The number of aryl methyl sites for hydroxylation is 1. The maximum absolute atomic E-state index is 5.95. The minimum Gasteiger partial charge on any atom is -0.489 e. The fraction of sp³-hybridized carbons (Fsp3) is 0.650. The van der Waals surface area contributed by atoms with Crippen molar-refractivity contribution < 1.29 is 9.47 Å². The van der Waals surface area contributed by atoms with E-state index in [0.717, 1.165) is 51.1 Å². The van der Waals surface area contributed by atoms with Crippen molar-refractivity contribution in [2.24, 2.45) is 4.99 Å². The summed E-state index contributed by atoms with van der Waals surface area (Å²) in [5.41, 5.74) is 1.24. The van der Waals surface area contributed by atoms with Gasteiger partial charge in [-0.3, -0.25) is 9.89 Å². The molecule has 2 atom stereocenters. The van der Waals surface area contributed by atoms with Gasteiger partial charge >= 0.3 is 0 Å². The van der Waals surface area contributed by atoms with E-state index >= 15 is 0 Å². The molecule has 154 valence electrons. The molecule has 0 bridgehead atoms. The van der Waals surface area contributed by atoms with E-state index in [1.807, 2.05) is 12.1 Å². The molecular formula is C20H35IN4O2. The van der Waals surface area contributed by atoms with Gasteiger partial charge in [0.1, 0.15) is 11.9 Å². The van der Waals surface area contributed by atoms with Crippen LogP contribution in [0.2, 0.25) is 0 Å². The summed E-state index contributed by atoms with van der Waals surface area (Å²) >= 11 is 0. The first kappa shape index (κ1) is 24.0. The summed E-state index contributed by atoms with van der Waals surface area (Å²) < 4.78 is 11.4. The molecule has 1 aromatic carbocycles. The second-order valence-electron chi connectivity index (χ2n) is 6.84. The minimum atomic E-state index is 0. The lowest BCUT2D eigenvalue weighted by atomic mass is 10.2. The monoisotopic (exact) mass is 490 g/mol. The molecule has 0 amide bonds. The molecule has 2 N–H and O–H groups in total. The zero-order valence-electron chi connectivity index (χ0n) is 17.0. The van der Waals surface area contributed by atoms with Crippen LogP contribution in [0.5, 0.6) is 5.75 Å². The Kier molecular flexibility index (Phi) is 11.7. The fourth-order valence-electron chi connectivity index (χ4n) is 2.83. The molecule has 0 saturated carbocycles. The number of hydrogen-bond acceptors (Lipinski definition) is 4. The first-order chi connectivity index (χ1) is 12.6. The third kappa shape index (κ3) is 9.12. The molecule has 0 aromatic heterocycles. The molecule has 0 radical (unpaired) electrons. The highest BCUT2D eigenvalue weighted by Crippen LogP contribution is 2.13. The Morgan fingerprint density at radius 2 is 1.85 bits per heavy atom. The topological polar surface area (TPSA) is 58.1 Å². The van der Waals surface area contributed by atoms with Gasteiger partial charge < -0.3 is 20.1 Å². The van der Waals surface area contributed by atoms with Gasteiger partial charge in [0, 0.05) is 25.7 Å². The molecule has 2 unspecified atom stereocenters. The number of guanidine groups is 1. The van der Waals surface area contributed by atoms with Gasteiger partial charge in [-0.15, -0.1) is 24.0 Å². The summed E-state index contributed by atoms with van der Waals surface area (Å²) in [5, 5.41) is 6.69. The molecular weight excluding hydrogens is 455 g/mol. The Hall–Kier alpha value is -1.06. The maximum Gasteiger partial charge on any atom is 0.191 e. The Balaban J connectivity index is 0.00000364. The van der Waals surface area contributed by atoms with Crippen LogP contribution < -0.4 is 15.4 Å². The summed E-state index contributed by atoms with van der Waals surface area (Å²) in [6.45, 7) is 14.4. The first-order valence-corrected chi connectivity index (χ1v) is 9.65. The molecule has 1 heterocycles. The fourth-order valence-corrected chi connectivity index (χ4v) is 2.83. The lowest BCUT2D eigenvalue weighted by Gasteiger charge is -2.31. The molecule has 2 rings (SSSR count). The lowest BCUT2D eigenvalue weighted by Crippen LogP contribution is -2.45. The van der Waals surface area contributed by atoms with Gasteiger partial charge in [0.25, 0.3) is 0 Å². The van der Waals surface area contributed by atoms with Crippen molar-refractivity contribution in [2.75, 3.05) is 45.9 Å². The number of nitrogens with zero attached hydrogens (tertiary/aromatic N) is 2. The van der Waals surface area contributed by atoms with Gasteiger partial charge in [0.15, 0.2) is 5.96 Å². The number of nitrogens with one attached hydrogen (secondary N) is 2. The van der Waals surface area contributed by atoms with Crippen LogP contribution in [0.25, 0.3) is 0 Å². The van der Waals surface area contributed by atoms with Crippen molar-refractivity contribution >= 4 is 29.9 Å². The van der Waals surface area contributed by atoms with E-state index in [9.17, 15) is 0 Å². The van der Waals surface area contributed by atoms with Gasteiger partial charge in [-0.05, 0) is 39.8 Å². The van der Waals surface area contributed by atoms with Crippen LogP contribution in [0.3, 0.4) is 0 Å². The first-order valence-electron chi connectivity index (χ1n) is 9.65. The molecule has 1 saturated heterocycles. The van der Waals surface area contributed by atoms with Crippen LogP contribution in [-0.2, 0) is 4.74 Å². The van der Waals surface area contributed by atoms with E-state index in [2.05, 4.69) is 55.4 Å². The summed E-state index contributed by atoms with van der Waals surface area (Å²) in [6, 6.07) is 8.56. The van der Waals surface area contributed by atoms with E-state index in [1.165, 1.54) is 5.56 Å². The Labute approximate surface area is 181 Å². The molecule has 6 nitrogen and oxygen atoms in total. The highest BCUT2D eigenvalue weighted by atomic mass is 127. The summed E-state index contributed by atoms with van der Waals surface area (Å²) in [6.07, 6.45) is 0.0539. The summed E-state index contributed by atoms with van der Waals surface area (Å²) in [4.78, 5) is 7.17. The van der Waals surface area contributed by atoms with Gasteiger partial charge in [-0.1, -0.05) is 17.7 Å². The van der Waals surface area contributed by atoms with Gasteiger partial charge in [0.05, 0.1) is 26.3 Å².